The summed E-state index contributed by atoms with van der Waals surface area (Å²) < 4.78 is 38.3. The van der Waals surface area contributed by atoms with Crippen LogP contribution in [-0.2, 0) is 6.18 Å². The normalized spacial score (nSPS) is 17.7. The van der Waals surface area contributed by atoms with Crippen molar-refractivity contribution in [3.8, 4) is 0 Å². The van der Waals surface area contributed by atoms with E-state index >= 15 is 0 Å². The summed E-state index contributed by atoms with van der Waals surface area (Å²) in [7, 11) is 0. The SMILES string of the molecule is O=c1[nH]ncc(NC2CCCCC2)c1C(F)(F)F. The van der Waals surface area contributed by atoms with E-state index in [1.807, 2.05) is 5.10 Å². The van der Waals surface area contributed by atoms with Gasteiger partial charge in [-0.15, -0.1) is 0 Å². The molecular weight excluding hydrogens is 247 g/mol. The van der Waals surface area contributed by atoms with Crippen LogP contribution in [0.3, 0.4) is 0 Å². The van der Waals surface area contributed by atoms with Crippen LogP contribution >= 0.6 is 0 Å². The highest BCUT2D eigenvalue weighted by Gasteiger charge is 2.37. The minimum atomic E-state index is -4.67. The molecule has 1 aliphatic rings. The zero-order valence-corrected chi connectivity index (χ0v) is 9.68. The molecule has 18 heavy (non-hydrogen) atoms. The molecule has 1 aromatic heterocycles. The Bertz CT molecular complexity index is 463. The standard InChI is InChI=1S/C11H14F3N3O/c12-11(13,14)9-8(6-15-17-10(9)18)16-7-4-2-1-3-5-7/h6-7H,1-5H2,(H2,16,17,18). The van der Waals surface area contributed by atoms with Crippen molar-refractivity contribution in [2.75, 3.05) is 5.32 Å². The van der Waals surface area contributed by atoms with Crippen molar-refractivity contribution < 1.29 is 13.2 Å². The van der Waals surface area contributed by atoms with Gasteiger partial charge in [0.15, 0.2) is 0 Å². The second-order valence-electron chi connectivity index (χ2n) is 4.46. The van der Waals surface area contributed by atoms with Gasteiger partial charge in [-0.1, -0.05) is 19.3 Å². The molecule has 0 bridgehead atoms. The van der Waals surface area contributed by atoms with Crippen LogP contribution < -0.4 is 10.9 Å². The number of alkyl halides is 3. The summed E-state index contributed by atoms with van der Waals surface area (Å²) in [5.41, 5.74) is -2.62. The third-order valence-electron chi connectivity index (χ3n) is 3.10. The number of nitrogens with zero attached hydrogens (tertiary/aromatic N) is 1. The molecule has 2 rings (SSSR count). The summed E-state index contributed by atoms with van der Waals surface area (Å²) in [5, 5.41) is 8.04. The number of aromatic nitrogens is 2. The number of nitrogens with one attached hydrogen (secondary N) is 2. The first-order valence-corrected chi connectivity index (χ1v) is 5.90. The first-order valence-electron chi connectivity index (χ1n) is 5.90. The van der Waals surface area contributed by atoms with Gasteiger partial charge in [0.25, 0.3) is 5.56 Å². The first-order chi connectivity index (χ1) is 8.48. The molecular formula is C11H14F3N3O. The molecule has 0 aromatic carbocycles. The molecule has 0 spiro atoms. The Labute approximate surface area is 102 Å². The molecule has 0 saturated heterocycles. The van der Waals surface area contributed by atoms with E-state index in [2.05, 4.69) is 10.4 Å². The molecule has 1 heterocycles. The summed E-state index contributed by atoms with van der Waals surface area (Å²) in [6, 6.07) is -0.0107. The number of aromatic amines is 1. The molecule has 4 nitrogen and oxygen atoms in total. The molecule has 0 unspecified atom stereocenters. The zero-order valence-electron chi connectivity index (χ0n) is 9.68. The number of hydrogen-bond donors (Lipinski definition) is 2. The Morgan fingerprint density at radius 1 is 1.28 bits per heavy atom. The van der Waals surface area contributed by atoms with Crippen LogP contribution in [0, 0.1) is 0 Å². The Morgan fingerprint density at radius 3 is 2.56 bits per heavy atom. The van der Waals surface area contributed by atoms with E-state index in [0.29, 0.717) is 0 Å². The Kier molecular flexibility index (Phi) is 3.58. The van der Waals surface area contributed by atoms with Gasteiger partial charge < -0.3 is 5.32 Å². The van der Waals surface area contributed by atoms with Crippen molar-refractivity contribution in [1.29, 1.82) is 0 Å². The van der Waals surface area contributed by atoms with Gasteiger partial charge in [-0.05, 0) is 12.8 Å². The number of rotatable bonds is 2. The Balaban J connectivity index is 2.27. The monoisotopic (exact) mass is 261 g/mol. The smallest absolute Gasteiger partial charge is 0.380 e. The number of halogens is 3. The summed E-state index contributed by atoms with van der Waals surface area (Å²) in [6.07, 6.45) is 1.10. The van der Waals surface area contributed by atoms with Gasteiger partial charge in [-0.2, -0.15) is 18.3 Å². The second-order valence-corrected chi connectivity index (χ2v) is 4.46. The van der Waals surface area contributed by atoms with Gasteiger partial charge in [0.05, 0.1) is 11.9 Å². The molecule has 0 aliphatic heterocycles. The maximum absolute atomic E-state index is 12.8. The second kappa shape index (κ2) is 4.99. The van der Waals surface area contributed by atoms with Crippen LogP contribution in [0.1, 0.15) is 37.7 Å². The molecule has 7 heteroatoms. The third kappa shape index (κ3) is 2.83. The Morgan fingerprint density at radius 2 is 1.94 bits per heavy atom. The summed E-state index contributed by atoms with van der Waals surface area (Å²) in [5.74, 6) is 0. The maximum atomic E-state index is 12.8. The topological polar surface area (TPSA) is 57.8 Å². The van der Waals surface area contributed by atoms with E-state index in [9.17, 15) is 18.0 Å². The molecule has 0 radical (unpaired) electrons. The molecule has 1 aliphatic carbocycles. The third-order valence-corrected chi connectivity index (χ3v) is 3.10. The van der Waals surface area contributed by atoms with Crippen LogP contribution in [0.25, 0.3) is 0 Å². The van der Waals surface area contributed by atoms with Gasteiger partial charge in [0.1, 0.15) is 5.56 Å². The van der Waals surface area contributed by atoms with Gasteiger partial charge in [0.2, 0.25) is 0 Å². The highest BCUT2D eigenvalue weighted by atomic mass is 19.4. The minimum Gasteiger partial charge on any atom is -0.380 e. The fraction of sp³-hybridized carbons (Fsp3) is 0.636. The molecule has 0 atom stereocenters. The van der Waals surface area contributed by atoms with Gasteiger partial charge in [0, 0.05) is 6.04 Å². The largest absolute Gasteiger partial charge is 0.423 e. The van der Waals surface area contributed by atoms with Crippen molar-refractivity contribution in [2.45, 2.75) is 44.3 Å². The molecule has 1 aromatic rings. The quantitative estimate of drug-likeness (QED) is 0.860. The predicted octanol–water partition coefficient (Wildman–Crippen LogP) is 2.53. The lowest BCUT2D eigenvalue weighted by Gasteiger charge is -2.24. The molecule has 100 valence electrons. The van der Waals surface area contributed by atoms with Crippen molar-refractivity contribution in [3.63, 3.8) is 0 Å². The van der Waals surface area contributed by atoms with Gasteiger partial charge in [-0.25, -0.2) is 5.10 Å². The first kappa shape index (κ1) is 12.9. The van der Waals surface area contributed by atoms with E-state index in [-0.39, 0.29) is 11.7 Å². The lowest BCUT2D eigenvalue weighted by molar-refractivity contribution is -0.138. The minimum absolute atomic E-state index is 0.0107. The summed E-state index contributed by atoms with van der Waals surface area (Å²) in [4.78, 5) is 11.3. The fourth-order valence-corrected chi connectivity index (χ4v) is 2.26. The number of H-pyrrole nitrogens is 1. The van der Waals surface area contributed by atoms with E-state index < -0.39 is 17.3 Å². The molecule has 1 fully saturated rings. The van der Waals surface area contributed by atoms with E-state index in [4.69, 9.17) is 0 Å². The van der Waals surface area contributed by atoms with Crippen LogP contribution in [0.15, 0.2) is 11.0 Å². The van der Waals surface area contributed by atoms with Gasteiger partial charge >= 0.3 is 6.18 Å². The van der Waals surface area contributed by atoms with Crippen molar-refractivity contribution >= 4 is 5.69 Å². The van der Waals surface area contributed by atoms with Crippen molar-refractivity contribution in [3.05, 3.63) is 22.1 Å². The fourth-order valence-electron chi connectivity index (χ4n) is 2.26. The van der Waals surface area contributed by atoms with Crippen LogP contribution in [0.2, 0.25) is 0 Å². The number of anilines is 1. The Hall–Kier alpha value is -1.53. The van der Waals surface area contributed by atoms with E-state index in [1.54, 1.807) is 0 Å². The average molecular weight is 261 g/mol. The molecule has 2 N–H and O–H groups in total. The number of hydrogen-bond acceptors (Lipinski definition) is 3. The van der Waals surface area contributed by atoms with Crippen LogP contribution in [0.4, 0.5) is 18.9 Å². The van der Waals surface area contributed by atoms with Crippen molar-refractivity contribution in [1.82, 2.24) is 10.2 Å². The highest BCUT2D eigenvalue weighted by molar-refractivity contribution is 5.50. The maximum Gasteiger partial charge on any atom is 0.423 e. The highest BCUT2D eigenvalue weighted by Crippen LogP contribution is 2.32. The van der Waals surface area contributed by atoms with Crippen LogP contribution in [-0.4, -0.2) is 16.2 Å². The summed E-state index contributed by atoms with van der Waals surface area (Å²) >= 11 is 0. The lowest BCUT2D eigenvalue weighted by atomic mass is 9.95. The van der Waals surface area contributed by atoms with Gasteiger partial charge in [-0.3, -0.25) is 4.79 Å². The predicted molar refractivity (Wildman–Crippen MR) is 60.4 cm³/mol. The van der Waals surface area contributed by atoms with Crippen molar-refractivity contribution in [2.24, 2.45) is 0 Å². The average Bonchev–Trinajstić information content (AvgIpc) is 2.28. The van der Waals surface area contributed by atoms with E-state index in [0.717, 1.165) is 38.3 Å². The van der Waals surface area contributed by atoms with E-state index in [1.165, 1.54) is 0 Å². The lowest BCUT2D eigenvalue weighted by Crippen LogP contribution is -2.29. The molecule has 1 saturated carbocycles. The molecule has 0 amide bonds. The zero-order chi connectivity index (χ0) is 13.2. The van der Waals surface area contributed by atoms with Crippen LogP contribution in [0.5, 0.6) is 0 Å². The summed E-state index contributed by atoms with van der Waals surface area (Å²) in [6.45, 7) is 0.